The summed E-state index contributed by atoms with van der Waals surface area (Å²) in [6.07, 6.45) is 5.04. The summed E-state index contributed by atoms with van der Waals surface area (Å²) >= 11 is 6.15. The van der Waals surface area contributed by atoms with E-state index in [2.05, 4.69) is 22.5 Å². The van der Waals surface area contributed by atoms with E-state index in [1.807, 2.05) is 12.8 Å². The van der Waals surface area contributed by atoms with Gasteiger partial charge in [-0.3, -0.25) is 14.5 Å². The molecular formula is C24H25ClFN3O3. The van der Waals surface area contributed by atoms with E-state index in [1.54, 1.807) is 24.3 Å². The van der Waals surface area contributed by atoms with Crippen molar-refractivity contribution in [2.24, 2.45) is 0 Å². The molecule has 1 aliphatic heterocycles. The largest absolute Gasteiger partial charge is 0.486 e. The first kappa shape index (κ1) is 23.7. The molecule has 1 amide bonds. The molecule has 1 heterocycles. The zero-order valence-corrected chi connectivity index (χ0v) is 18.7. The van der Waals surface area contributed by atoms with Crippen LogP contribution < -0.4 is 15.4 Å². The minimum atomic E-state index is -0.795. The number of ketones is 1. The Bertz CT molecular complexity index is 1040. The fraction of sp³-hybridized carbons (Fsp3) is 0.333. The van der Waals surface area contributed by atoms with Gasteiger partial charge in [-0.05, 0) is 49.6 Å². The van der Waals surface area contributed by atoms with Crippen LogP contribution in [-0.4, -0.2) is 47.9 Å². The lowest BCUT2D eigenvalue weighted by Gasteiger charge is -2.44. The normalized spacial score (nSPS) is 20.9. The summed E-state index contributed by atoms with van der Waals surface area (Å²) in [4.78, 5) is 26.5. The number of halogens is 2. The summed E-state index contributed by atoms with van der Waals surface area (Å²) in [7, 11) is 0. The minimum Gasteiger partial charge on any atom is -0.486 e. The number of piperazine rings is 1. The Kier molecular flexibility index (Phi) is 7.52. The number of carbonyl (C=O) groups is 2. The smallest absolute Gasteiger partial charge is 0.300 e. The van der Waals surface area contributed by atoms with Crippen LogP contribution in [0.4, 0.5) is 10.1 Å². The van der Waals surface area contributed by atoms with E-state index in [9.17, 15) is 14.0 Å². The predicted octanol–water partition coefficient (Wildman–Crippen LogP) is 3.25. The van der Waals surface area contributed by atoms with Crippen LogP contribution in [0, 0.1) is 18.2 Å². The van der Waals surface area contributed by atoms with E-state index in [-0.39, 0.29) is 29.3 Å². The van der Waals surface area contributed by atoms with E-state index >= 15 is 0 Å². The van der Waals surface area contributed by atoms with Gasteiger partial charge in [-0.1, -0.05) is 23.7 Å². The summed E-state index contributed by atoms with van der Waals surface area (Å²) in [5.41, 5.74) is 0.550. The van der Waals surface area contributed by atoms with E-state index in [4.69, 9.17) is 22.8 Å². The maximum absolute atomic E-state index is 13.2. The average Bonchev–Trinajstić information content (AvgIpc) is 2.77. The van der Waals surface area contributed by atoms with Crippen molar-refractivity contribution in [1.82, 2.24) is 10.2 Å². The number of terminal acetylenes is 1. The molecule has 2 aromatic rings. The Morgan fingerprint density at radius 3 is 2.72 bits per heavy atom. The summed E-state index contributed by atoms with van der Waals surface area (Å²) in [5.74, 6) is 1.37. The van der Waals surface area contributed by atoms with Gasteiger partial charge >= 0.3 is 0 Å². The van der Waals surface area contributed by atoms with Crippen LogP contribution in [0.25, 0.3) is 0 Å². The first-order valence-electron chi connectivity index (χ1n) is 10.2. The second-order valence-electron chi connectivity index (χ2n) is 8.05. The van der Waals surface area contributed by atoms with Gasteiger partial charge < -0.3 is 15.4 Å². The number of nitrogens with zero attached hydrogens (tertiary/aromatic N) is 1. The van der Waals surface area contributed by atoms with Crippen molar-refractivity contribution in [2.75, 3.05) is 25.0 Å². The second-order valence-corrected chi connectivity index (χ2v) is 8.45. The SMILES string of the molecule is C#CC(=O)Nc1ccc(OCC(=O)C2(C)CN(Cc3ccc(F)cc3)C(C)CN2)cc1Cl. The number of hydrogen-bond acceptors (Lipinski definition) is 5. The summed E-state index contributed by atoms with van der Waals surface area (Å²) in [6.45, 7) is 5.54. The number of amides is 1. The minimum absolute atomic E-state index is 0.102. The Morgan fingerprint density at radius 1 is 1.34 bits per heavy atom. The highest BCUT2D eigenvalue weighted by Gasteiger charge is 2.39. The van der Waals surface area contributed by atoms with Crippen LogP contribution >= 0.6 is 11.6 Å². The van der Waals surface area contributed by atoms with E-state index < -0.39 is 11.4 Å². The topological polar surface area (TPSA) is 70.7 Å². The lowest BCUT2D eigenvalue weighted by molar-refractivity contribution is -0.129. The second kappa shape index (κ2) is 10.1. The van der Waals surface area contributed by atoms with E-state index in [0.29, 0.717) is 31.1 Å². The highest BCUT2D eigenvalue weighted by Crippen LogP contribution is 2.27. The van der Waals surface area contributed by atoms with Crippen LogP contribution in [0.2, 0.25) is 5.02 Å². The molecule has 0 saturated carbocycles. The van der Waals surface area contributed by atoms with Crippen molar-refractivity contribution in [3.8, 4) is 18.1 Å². The van der Waals surface area contributed by atoms with Crippen molar-refractivity contribution in [2.45, 2.75) is 32.0 Å². The van der Waals surface area contributed by atoms with E-state index in [0.717, 1.165) is 5.56 Å². The number of hydrogen-bond donors (Lipinski definition) is 2. The third kappa shape index (κ3) is 5.86. The molecule has 0 spiro atoms. The number of rotatable bonds is 7. The number of benzene rings is 2. The number of ether oxygens (including phenoxy) is 1. The molecule has 32 heavy (non-hydrogen) atoms. The molecule has 8 heteroatoms. The van der Waals surface area contributed by atoms with Crippen LogP contribution in [0.15, 0.2) is 42.5 Å². The predicted molar refractivity (Wildman–Crippen MR) is 122 cm³/mol. The quantitative estimate of drug-likeness (QED) is 0.624. The highest BCUT2D eigenvalue weighted by atomic mass is 35.5. The molecule has 0 radical (unpaired) electrons. The molecule has 3 rings (SSSR count). The van der Waals surface area contributed by atoms with Crippen molar-refractivity contribution in [3.05, 3.63) is 58.9 Å². The van der Waals surface area contributed by atoms with Crippen molar-refractivity contribution >= 4 is 29.0 Å². The average molecular weight is 458 g/mol. The van der Waals surface area contributed by atoms with Crippen molar-refractivity contribution < 1.29 is 18.7 Å². The van der Waals surface area contributed by atoms with Crippen LogP contribution in [0.1, 0.15) is 19.4 Å². The van der Waals surface area contributed by atoms with Crippen LogP contribution in [-0.2, 0) is 16.1 Å². The van der Waals surface area contributed by atoms with Gasteiger partial charge in [-0.25, -0.2) is 4.39 Å². The molecule has 168 valence electrons. The molecule has 0 aromatic heterocycles. The third-order valence-corrected chi connectivity index (χ3v) is 5.85. The number of carbonyl (C=O) groups excluding carboxylic acids is 2. The van der Waals surface area contributed by atoms with Gasteiger partial charge in [-0.2, -0.15) is 0 Å². The first-order chi connectivity index (χ1) is 15.2. The summed E-state index contributed by atoms with van der Waals surface area (Å²) in [5, 5.41) is 6.06. The van der Waals surface area contributed by atoms with Gasteiger partial charge in [0.05, 0.1) is 16.2 Å². The molecule has 1 fully saturated rings. The molecule has 0 bridgehead atoms. The zero-order chi connectivity index (χ0) is 23.3. The molecule has 2 unspecified atom stereocenters. The number of Topliss-reactive ketones (excluding diaryl/α,β-unsaturated/α-hetero) is 1. The first-order valence-corrected chi connectivity index (χ1v) is 10.5. The van der Waals surface area contributed by atoms with Gasteiger partial charge in [-0.15, -0.1) is 6.42 Å². The zero-order valence-electron chi connectivity index (χ0n) is 18.0. The third-order valence-electron chi connectivity index (χ3n) is 5.53. The maximum atomic E-state index is 13.2. The lowest BCUT2D eigenvalue weighted by atomic mass is 9.91. The Labute approximate surface area is 192 Å². The Hall–Kier alpha value is -2.92. The van der Waals surface area contributed by atoms with Gasteiger partial charge in [0.25, 0.3) is 5.91 Å². The molecule has 6 nitrogen and oxygen atoms in total. The summed E-state index contributed by atoms with van der Waals surface area (Å²) < 4.78 is 18.9. The van der Waals surface area contributed by atoms with E-state index in [1.165, 1.54) is 18.2 Å². The summed E-state index contributed by atoms with van der Waals surface area (Å²) in [6, 6.07) is 11.3. The molecule has 0 aliphatic carbocycles. The molecule has 2 aromatic carbocycles. The number of nitrogens with one attached hydrogen (secondary N) is 2. The molecule has 2 atom stereocenters. The van der Waals surface area contributed by atoms with Gasteiger partial charge in [0.1, 0.15) is 18.2 Å². The van der Waals surface area contributed by atoms with Crippen LogP contribution in [0.5, 0.6) is 5.75 Å². The van der Waals surface area contributed by atoms with Gasteiger partial charge in [0.2, 0.25) is 0 Å². The Balaban J connectivity index is 1.61. The van der Waals surface area contributed by atoms with Gasteiger partial charge in [0.15, 0.2) is 5.78 Å². The van der Waals surface area contributed by atoms with Crippen molar-refractivity contribution in [3.63, 3.8) is 0 Å². The molecule has 1 saturated heterocycles. The lowest BCUT2D eigenvalue weighted by Crippen LogP contribution is -2.66. The van der Waals surface area contributed by atoms with Crippen LogP contribution in [0.3, 0.4) is 0 Å². The van der Waals surface area contributed by atoms with Gasteiger partial charge in [0, 0.05) is 31.7 Å². The monoisotopic (exact) mass is 457 g/mol. The fourth-order valence-corrected chi connectivity index (χ4v) is 3.71. The Morgan fingerprint density at radius 2 is 2.06 bits per heavy atom. The molecular weight excluding hydrogens is 433 g/mol. The van der Waals surface area contributed by atoms with Crippen molar-refractivity contribution in [1.29, 1.82) is 0 Å². The molecule has 1 aliphatic rings. The maximum Gasteiger partial charge on any atom is 0.300 e. The molecule has 2 N–H and O–H groups in total. The standard InChI is InChI=1S/C24H25ClFN3O3/c1-4-23(31)28-21-10-9-19(11-20(21)25)32-14-22(30)24(3)15-29(16(2)12-27-24)13-17-5-7-18(26)8-6-17/h1,5-11,16,27H,12-15H2,2-3H3,(H,28,31). The highest BCUT2D eigenvalue weighted by molar-refractivity contribution is 6.34. The number of anilines is 1. The fourth-order valence-electron chi connectivity index (χ4n) is 3.50.